The van der Waals surface area contributed by atoms with Gasteiger partial charge in [-0.15, -0.1) is 0 Å². The number of nitrogens with one attached hydrogen (secondary N) is 1. The summed E-state index contributed by atoms with van der Waals surface area (Å²) in [5, 5.41) is 2.72. The Morgan fingerprint density at radius 1 is 1.08 bits per heavy atom. The third-order valence-electron chi connectivity index (χ3n) is 3.83. The predicted molar refractivity (Wildman–Crippen MR) is 96.9 cm³/mol. The molecule has 3 aromatic rings. The highest BCUT2D eigenvalue weighted by Crippen LogP contribution is 2.17. The van der Waals surface area contributed by atoms with Gasteiger partial charge in [0.2, 0.25) is 5.91 Å². The lowest BCUT2D eigenvalue weighted by atomic mass is 10.2. The lowest BCUT2D eigenvalue weighted by Gasteiger charge is -2.07. The highest BCUT2D eigenvalue weighted by molar-refractivity contribution is 7.91. The van der Waals surface area contributed by atoms with Crippen molar-refractivity contribution < 1.29 is 17.6 Å². The first kappa shape index (κ1) is 17.9. The molecule has 0 fully saturated rings. The van der Waals surface area contributed by atoms with Gasteiger partial charge in [-0.05, 0) is 29.8 Å². The van der Waals surface area contributed by atoms with Gasteiger partial charge in [-0.25, -0.2) is 8.42 Å². The number of carbonyl (C=O) groups is 1. The molecule has 0 aliphatic rings. The molecule has 2 heterocycles. The number of pyridine rings is 1. The lowest BCUT2D eigenvalue weighted by Crippen LogP contribution is -2.25. The number of hydrogen-bond donors (Lipinski definition) is 1. The van der Waals surface area contributed by atoms with Crippen LogP contribution >= 0.6 is 0 Å². The first-order chi connectivity index (χ1) is 12.5. The molecule has 26 heavy (non-hydrogen) atoms. The zero-order valence-electron chi connectivity index (χ0n) is 14.0. The summed E-state index contributed by atoms with van der Waals surface area (Å²) >= 11 is 0. The summed E-state index contributed by atoms with van der Waals surface area (Å²) in [6, 6.07) is 13.6. The fourth-order valence-corrected chi connectivity index (χ4v) is 3.63. The number of hydrogen-bond acceptors (Lipinski definition) is 5. The van der Waals surface area contributed by atoms with E-state index < -0.39 is 9.84 Å². The van der Waals surface area contributed by atoms with E-state index in [9.17, 15) is 13.2 Å². The minimum absolute atomic E-state index is 0.0856. The zero-order valence-corrected chi connectivity index (χ0v) is 14.8. The van der Waals surface area contributed by atoms with Crippen LogP contribution in [-0.2, 0) is 21.2 Å². The number of sulfone groups is 1. The average Bonchev–Trinajstić information content (AvgIpc) is 3.21. The molecule has 0 spiro atoms. The van der Waals surface area contributed by atoms with Gasteiger partial charge in [-0.2, -0.15) is 0 Å². The Balaban J connectivity index is 1.50. The maximum absolute atomic E-state index is 12.2. The normalized spacial score (nSPS) is 11.2. The molecular formula is C19H18N2O4S. The van der Waals surface area contributed by atoms with Crippen molar-refractivity contribution in [2.24, 2.45) is 0 Å². The van der Waals surface area contributed by atoms with E-state index >= 15 is 0 Å². The van der Waals surface area contributed by atoms with Crippen LogP contribution in [0.3, 0.4) is 0 Å². The van der Waals surface area contributed by atoms with E-state index in [1.165, 1.54) is 12.1 Å². The fourth-order valence-electron chi connectivity index (χ4n) is 2.37. The van der Waals surface area contributed by atoms with Crippen LogP contribution in [0.5, 0.6) is 0 Å². The number of aromatic nitrogens is 1. The van der Waals surface area contributed by atoms with Crippen molar-refractivity contribution in [3.8, 4) is 11.3 Å². The van der Waals surface area contributed by atoms with Gasteiger partial charge in [0, 0.05) is 24.7 Å². The van der Waals surface area contributed by atoms with Crippen LogP contribution in [-0.4, -0.2) is 25.1 Å². The lowest BCUT2D eigenvalue weighted by molar-refractivity contribution is -0.120. The van der Waals surface area contributed by atoms with E-state index in [4.69, 9.17) is 4.42 Å². The van der Waals surface area contributed by atoms with Crippen molar-refractivity contribution in [2.75, 3.05) is 5.75 Å². The molecule has 1 amide bonds. The van der Waals surface area contributed by atoms with Gasteiger partial charge < -0.3 is 9.73 Å². The smallest absolute Gasteiger partial charge is 0.221 e. The van der Waals surface area contributed by atoms with Gasteiger partial charge in [-0.3, -0.25) is 9.78 Å². The van der Waals surface area contributed by atoms with E-state index in [1.54, 1.807) is 36.9 Å². The third-order valence-corrected chi connectivity index (χ3v) is 5.56. The van der Waals surface area contributed by atoms with Crippen LogP contribution in [0.4, 0.5) is 0 Å². The van der Waals surface area contributed by atoms with Gasteiger partial charge in [0.05, 0.1) is 28.9 Å². The van der Waals surface area contributed by atoms with E-state index in [-0.39, 0.29) is 23.0 Å². The largest absolute Gasteiger partial charge is 0.472 e. The molecule has 7 heteroatoms. The Labute approximate surface area is 151 Å². The van der Waals surface area contributed by atoms with Crippen molar-refractivity contribution in [1.82, 2.24) is 10.3 Å². The van der Waals surface area contributed by atoms with Crippen LogP contribution < -0.4 is 5.32 Å². The SMILES string of the molecule is O=C(CCS(=O)(=O)c1ccccc1)NCc1ccc(-c2ccoc2)nc1. The highest BCUT2D eigenvalue weighted by Gasteiger charge is 2.15. The summed E-state index contributed by atoms with van der Waals surface area (Å²) in [6.07, 6.45) is 4.77. The van der Waals surface area contributed by atoms with Gasteiger partial charge in [-0.1, -0.05) is 24.3 Å². The van der Waals surface area contributed by atoms with Crippen LogP contribution in [0.2, 0.25) is 0 Å². The summed E-state index contributed by atoms with van der Waals surface area (Å²) in [4.78, 5) is 16.5. The molecular weight excluding hydrogens is 352 g/mol. The highest BCUT2D eigenvalue weighted by atomic mass is 32.2. The Kier molecular flexibility index (Phi) is 5.48. The second kappa shape index (κ2) is 7.97. The maximum Gasteiger partial charge on any atom is 0.221 e. The Morgan fingerprint density at radius 2 is 1.88 bits per heavy atom. The summed E-state index contributed by atoms with van der Waals surface area (Å²) in [5.41, 5.74) is 2.49. The average molecular weight is 370 g/mol. The zero-order chi connectivity index (χ0) is 18.4. The number of rotatable bonds is 7. The summed E-state index contributed by atoms with van der Waals surface area (Å²) in [5.74, 6) is -0.538. The molecule has 1 aromatic carbocycles. The first-order valence-corrected chi connectivity index (χ1v) is 9.72. The molecule has 1 N–H and O–H groups in total. The van der Waals surface area contributed by atoms with Gasteiger partial charge >= 0.3 is 0 Å². The minimum atomic E-state index is -3.45. The number of carbonyl (C=O) groups excluding carboxylic acids is 1. The fraction of sp³-hybridized carbons (Fsp3) is 0.158. The number of furan rings is 1. The molecule has 0 bridgehead atoms. The second-order valence-electron chi connectivity index (χ2n) is 5.72. The van der Waals surface area contributed by atoms with E-state index in [1.807, 2.05) is 18.2 Å². The van der Waals surface area contributed by atoms with Gasteiger partial charge in [0.1, 0.15) is 0 Å². The van der Waals surface area contributed by atoms with Crippen molar-refractivity contribution in [2.45, 2.75) is 17.9 Å². The molecule has 0 aliphatic carbocycles. The van der Waals surface area contributed by atoms with E-state index in [0.717, 1.165) is 16.8 Å². The quantitative estimate of drug-likeness (QED) is 0.691. The van der Waals surface area contributed by atoms with Crippen molar-refractivity contribution >= 4 is 15.7 Å². The van der Waals surface area contributed by atoms with Crippen LogP contribution in [0.1, 0.15) is 12.0 Å². The first-order valence-electron chi connectivity index (χ1n) is 8.06. The Morgan fingerprint density at radius 3 is 2.54 bits per heavy atom. The molecule has 0 saturated heterocycles. The number of amides is 1. The second-order valence-corrected chi connectivity index (χ2v) is 7.83. The van der Waals surface area contributed by atoms with Crippen molar-refractivity contribution in [3.63, 3.8) is 0 Å². The third kappa shape index (κ3) is 4.58. The molecule has 0 atom stereocenters. The molecule has 0 radical (unpaired) electrons. The number of benzene rings is 1. The monoisotopic (exact) mass is 370 g/mol. The molecule has 0 saturated carbocycles. The van der Waals surface area contributed by atoms with Crippen molar-refractivity contribution in [1.29, 1.82) is 0 Å². The minimum Gasteiger partial charge on any atom is -0.472 e. The summed E-state index contributed by atoms with van der Waals surface area (Å²) in [7, 11) is -3.45. The van der Waals surface area contributed by atoms with Crippen LogP contribution in [0, 0.1) is 0 Å². The molecule has 134 valence electrons. The van der Waals surface area contributed by atoms with Crippen LogP contribution in [0.25, 0.3) is 11.3 Å². The topological polar surface area (TPSA) is 89.3 Å². The molecule has 3 rings (SSSR count). The Hall–Kier alpha value is -2.93. The van der Waals surface area contributed by atoms with Crippen molar-refractivity contribution in [3.05, 3.63) is 72.8 Å². The molecule has 2 aromatic heterocycles. The van der Waals surface area contributed by atoms with Crippen LogP contribution in [0.15, 0.2) is 76.6 Å². The Bertz CT molecular complexity index is 951. The maximum atomic E-state index is 12.2. The number of nitrogens with zero attached hydrogens (tertiary/aromatic N) is 1. The van der Waals surface area contributed by atoms with E-state index in [0.29, 0.717) is 6.54 Å². The standard InChI is InChI=1S/C19H18N2O4S/c22-19(9-11-26(23,24)17-4-2-1-3-5-17)21-13-15-6-7-18(20-12-15)16-8-10-25-14-16/h1-8,10,12,14H,9,11,13H2,(H,21,22). The van der Waals surface area contributed by atoms with Gasteiger partial charge in [0.15, 0.2) is 9.84 Å². The molecule has 0 aliphatic heterocycles. The van der Waals surface area contributed by atoms with Gasteiger partial charge in [0.25, 0.3) is 0 Å². The molecule has 0 unspecified atom stereocenters. The summed E-state index contributed by atoms with van der Waals surface area (Å²) in [6.45, 7) is 0.295. The predicted octanol–water partition coefficient (Wildman–Crippen LogP) is 2.82. The molecule has 6 nitrogen and oxygen atoms in total. The van der Waals surface area contributed by atoms with E-state index in [2.05, 4.69) is 10.3 Å². The summed E-state index contributed by atoms with van der Waals surface area (Å²) < 4.78 is 29.3.